The first-order valence-corrected chi connectivity index (χ1v) is 14.5. The van der Waals surface area contributed by atoms with Gasteiger partial charge in [-0.3, -0.25) is 9.59 Å². The third kappa shape index (κ3) is 7.21. The number of methoxy groups -OCH3 is 1. The smallest absolute Gasteiger partial charge is 0.417 e. The number of nitrogens with zero attached hydrogens (tertiary/aromatic N) is 4. The summed E-state index contributed by atoms with van der Waals surface area (Å²) in [5.41, 5.74) is 0.422. The topological polar surface area (TPSA) is 109 Å². The number of alkyl halides is 3. The Morgan fingerprint density at radius 1 is 1.09 bits per heavy atom. The van der Waals surface area contributed by atoms with Gasteiger partial charge >= 0.3 is 6.18 Å². The fourth-order valence-electron chi connectivity index (χ4n) is 5.17. The highest BCUT2D eigenvalue weighted by molar-refractivity contribution is 5.99. The summed E-state index contributed by atoms with van der Waals surface area (Å²) in [6.45, 7) is 5.72. The lowest BCUT2D eigenvalue weighted by Crippen LogP contribution is -2.55. The number of rotatable bonds is 11. The van der Waals surface area contributed by atoms with Crippen molar-refractivity contribution in [2.45, 2.75) is 32.5 Å². The zero-order chi connectivity index (χ0) is 31.9. The van der Waals surface area contributed by atoms with Crippen LogP contribution in [-0.2, 0) is 6.18 Å². The van der Waals surface area contributed by atoms with Crippen molar-refractivity contribution in [3.63, 3.8) is 0 Å². The predicted octanol–water partition coefficient (Wildman–Crippen LogP) is 4.26. The third-order valence-corrected chi connectivity index (χ3v) is 7.39. The Morgan fingerprint density at radius 3 is 2.57 bits per heavy atom. The largest absolute Gasteiger partial charge is 0.497 e. The van der Waals surface area contributed by atoms with Crippen molar-refractivity contribution in [3.05, 3.63) is 65.5 Å². The molecular formula is C31H37F3N6O4. The van der Waals surface area contributed by atoms with Gasteiger partial charge in [-0.1, -0.05) is 6.92 Å². The molecule has 0 spiro atoms. The molecule has 10 nitrogen and oxygen atoms in total. The lowest BCUT2D eigenvalue weighted by Gasteiger charge is -2.43. The van der Waals surface area contributed by atoms with Crippen molar-refractivity contribution < 1.29 is 32.2 Å². The molecule has 0 unspecified atom stereocenters. The average Bonchev–Trinajstić information content (AvgIpc) is 3.03. The van der Waals surface area contributed by atoms with E-state index in [4.69, 9.17) is 14.5 Å². The van der Waals surface area contributed by atoms with Crippen LogP contribution in [0.25, 0.3) is 11.3 Å². The number of carbonyl (C=O) groups is 2. The van der Waals surface area contributed by atoms with Gasteiger partial charge in [-0.15, -0.1) is 0 Å². The second-order valence-electron chi connectivity index (χ2n) is 10.1. The molecule has 1 aromatic carbocycles. The van der Waals surface area contributed by atoms with E-state index < -0.39 is 23.2 Å². The van der Waals surface area contributed by atoms with Crippen LogP contribution in [0, 0.1) is 0 Å². The second-order valence-corrected chi connectivity index (χ2v) is 10.1. The maximum Gasteiger partial charge on any atom is 0.417 e. The van der Waals surface area contributed by atoms with E-state index in [2.05, 4.69) is 15.6 Å². The van der Waals surface area contributed by atoms with Crippen molar-refractivity contribution in [2.75, 3.05) is 58.4 Å². The minimum Gasteiger partial charge on any atom is -0.497 e. The zero-order valence-corrected chi connectivity index (χ0v) is 25.2. The SMILES string of the molecule is CCOc1ncccc1-c1ccc(N2CCN(C(=O)c3ccc(OC)cc3C(F)(F)F)C[C@H]2CC)c(C(=O)NCCNC)n1. The molecule has 1 fully saturated rings. The quantitative estimate of drug-likeness (QED) is 0.309. The number of likely N-dealkylation sites (N-methyl/N-ethyl adjacent to an activating group) is 1. The maximum atomic E-state index is 13.9. The van der Waals surface area contributed by atoms with Crippen LogP contribution < -0.4 is 25.0 Å². The molecule has 0 saturated carbocycles. The summed E-state index contributed by atoms with van der Waals surface area (Å²) in [6, 6.07) is 10.2. The highest BCUT2D eigenvalue weighted by Gasteiger charge is 2.38. The molecule has 0 bridgehead atoms. The molecule has 1 atom stereocenters. The van der Waals surface area contributed by atoms with Gasteiger partial charge in [0.2, 0.25) is 5.88 Å². The number of aromatic nitrogens is 2. The number of nitrogens with one attached hydrogen (secondary N) is 2. The van der Waals surface area contributed by atoms with Crippen molar-refractivity contribution >= 4 is 17.5 Å². The van der Waals surface area contributed by atoms with Gasteiger partial charge in [-0.2, -0.15) is 13.2 Å². The van der Waals surface area contributed by atoms with Crippen molar-refractivity contribution in [3.8, 4) is 22.9 Å². The number of pyridine rings is 2. The van der Waals surface area contributed by atoms with E-state index >= 15 is 0 Å². The Bertz CT molecular complexity index is 1470. The summed E-state index contributed by atoms with van der Waals surface area (Å²) in [6.07, 6.45) is -2.55. The van der Waals surface area contributed by atoms with E-state index in [9.17, 15) is 22.8 Å². The first kappa shape index (κ1) is 32.5. The molecule has 0 radical (unpaired) electrons. The van der Waals surface area contributed by atoms with Crippen LogP contribution >= 0.6 is 0 Å². The van der Waals surface area contributed by atoms with Gasteiger partial charge in [-0.05, 0) is 62.9 Å². The Labute approximate surface area is 254 Å². The summed E-state index contributed by atoms with van der Waals surface area (Å²) in [5.74, 6) is -0.676. The molecule has 2 N–H and O–H groups in total. The van der Waals surface area contributed by atoms with Gasteiger partial charge in [0.1, 0.15) is 5.75 Å². The Kier molecular flexibility index (Phi) is 10.6. The lowest BCUT2D eigenvalue weighted by atomic mass is 10.0. The highest BCUT2D eigenvalue weighted by Crippen LogP contribution is 2.36. The first-order chi connectivity index (χ1) is 21.1. The number of amides is 2. The Morgan fingerprint density at radius 2 is 1.89 bits per heavy atom. The van der Waals surface area contributed by atoms with Crippen LogP contribution in [0.3, 0.4) is 0 Å². The molecule has 236 valence electrons. The minimum atomic E-state index is -4.73. The summed E-state index contributed by atoms with van der Waals surface area (Å²) in [5, 5.41) is 5.88. The molecule has 44 heavy (non-hydrogen) atoms. The summed E-state index contributed by atoms with van der Waals surface area (Å²) in [7, 11) is 3.05. The van der Waals surface area contributed by atoms with E-state index in [0.717, 1.165) is 12.1 Å². The van der Waals surface area contributed by atoms with Gasteiger partial charge in [0.25, 0.3) is 11.8 Å². The number of piperazine rings is 1. The molecule has 2 amide bonds. The summed E-state index contributed by atoms with van der Waals surface area (Å²) < 4.78 is 52.3. The number of hydrogen-bond donors (Lipinski definition) is 2. The van der Waals surface area contributed by atoms with Gasteiger partial charge in [-0.25, -0.2) is 9.97 Å². The lowest BCUT2D eigenvalue weighted by molar-refractivity contribution is -0.138. The van der Waals surface area contributed by atoms with Crippen molar-refractivity contribution in [2.24, 2.45) is 0 Å². The molecular weight excluding hydrogens is 577 g/mol. The molecule has 1 aliphatic rings. The molecule has 4 rings (SSSR count). The van der Waals surface area contributed by atoms with E-state index in [1.54, 1.807) is 25.4 Å². The summed E-state index contributed by atoms with van der Waals surface area (Å²) >= 11 is 0. The molecule has 3 aromatic rings. The maximum absolute atomic E-state index is 13.9. The molecule has 2 aromatic heterocycles. The Hall–Kier alpha value is -4.39. The number of carbonyl (C=O) groups excluding carboxylic acids is 2. The molecule has 3 heterocycles. The van der Waals surface area contributed by atoms with Gasteiger partial charge < -0.3 is 29.9 Å². The number of hydrogen-bond acceptors (Lipinski definition) is 8. The third-order valence-electron chi connectivity index (χ3n) is 7.39. The molecule has 13 heteroatoms. The van der Waals surface area contributed by atoms with E-state index in [1.165, 1.54) is 18.1 Å². The average molecular weight is 615 g/mol. The van der Waals surface area contributed by atoms with E-state index in [1.807, 2.05) is 30.9 Å². The molecule has 0 aliphatic carbocycles. The normalized spacial score (nSPS) is 15.2. The number of anilines is 1. The van der Waals surface area contributed by atoms with E-state index in [-0.39, 0.29) is 43.0 Å². The zero-order valence-electron chi connectivity index (χ0n) is 25.2. The highest BCUT2D eigenvalue weighted by atomic mass is 19.4. The predicted molar refractivity (Wildman–Crippen MR) is 160 cm³/mol. The van der Waals surface area contributed by atoms with Crippen molar-refractivity contribution in [1.82, 2.24) is 25.5 Å². The summed E-state index contributed by atoms with van der Waals surface area (Å²) in [4.78, 5) is 39.4. The molecule has 1 saturated heterocycles. The van der Waals surface area contributed by atoms with Crippen LogP contribution in [0.1, 0.15) is 46.7 Å². The van der Waals surface area contributed by atoms with Crippen molar-refractivity contribution in [1.29, 1.82) is 0 Å². The number of ether oxygens (including phenoxy) is 2. The van der Waals surface area contributed by atoms with Crippen LogP contribution in [0.2, 0.25) is 0 Å². The fourth-order valence-corrected chi connectivity index (χ4v) is 5.17. The van der Waals surface area contributed by atoms with Crippen LogP contribution in [0.15, 0.2) is 48.7 Å². The molecule has 1 aliphatic heterocycles. The van der Waals surface area contributed by atoms with E-state index in [0.29, 0.717) is 48.9 Å². The number of benzene rings is 1. The van der Waals surface area contributed by atoms with Gasteiger partial charge in [0.15, 0.2) is 5.69 Å². The monoisotopic (exact) mass is 614 g/mol. The second kappa shape index (κ2) is 14.4. The van der Waals surface area contributed by atoms with Crippen LogP contribution in [0.5, 0.6) is 11.6 Å². The van der Waals surface area contributed by atoms with Gasteiger partial charge in [0, 0.05) is 45.0 Å². The Balaban J connectivity index is 1.67. The minimum absolute atomic E-state index is 0.0151. The van der Waals surface area contributed by atoms with Gasteiger partial charge in [0.05, 0.1) is 41.8 Å². The fraction of sp³-hybridized carbons (Fsp3) is 0.419. The first-order valence-electron chi connectivity index (χ1n) is 14.5. The standard InChI is InChI=1S/C31H37F3N6O4/c1-5-20-19-39(30(42)22-10-9-21(43-4)18-24(22)31(32,33)34)16-17-40(20)26-12-11-25(23-8-7-13-37-29(23)44-6-2)38-27(26)28(41)36-15-14-35-3/h7-13,18,20,35H,5-6,14-17,19H2,1-4H3,(H,36,41)/t20-/m1/s1. The van der Waals surface area contributed by atoms with Crippen LogP contribution in [-0.4, -0.2) is 86.2 Å². The van der Waals surface area contributed by atoms with Crippen LogP contribution in [0.4, 0.5) is 18.9 Å². The number of halogens is 3.